The molecule has 0 fully saturated rings. The maximum absolute atomic E-state index is 9.72. The number of hydrogen-bond donors (Lipinski definition) is 2. The highest BCUT2D eigenvalue weighted by Crippen LogP contribution is 2.34. The van der Waals surface area contributed by atoms with Crippen LogP contribution in [0.25, 0.3) is 11.3 Å². The molecule has 0 amide bonds. The van der Waals surface area contributed by atoms with Gasteiger partial charge in [0.05, 0.1) is 18.0 Å². The lowest BCUT2D eigenvalue weighted by atomic mass is 10.0. The normalized spacial score (nSPS) is 10.9. The van der Waals surface area contributed by atoms with Crippen LogP contribution in [0.3, 0.4) is 0 Å². The van der Waals surface area contributed by atoms with Crippen molar-refractivity contribution >= 4 is 11.6 Å². The molecule has 2 N–H and O–H groups in total. The summed E-state index contributed by atoms with van der Waals surface area (Å²) >= 11 is 6.03. The number of methoxy groups -OCH3 is 1. The van der Waals surface area contributed by atoms with Gasteiger partial charge in [0.25, 0.3) is 0 Å². The fourth-order valence-electron chi connectivity index (χ4n) is 2.29. The Morgan fingerprint density at radius 3 is 2.86 bits per heavy atom. The number of aliphatic hydroxyl groups is 1. The highest BCUT2D eigenvalue weighted by Gasteiger charge is 2.17. The summed E-state index contributed by atoms with van der Waals surface area (Å²) in [6.45, 7) is 2.18. The summed E-state index contributed by atoms with van der Waals surface area (Å²) < 4.78 is 10.5. The first-order valence-corrected chi connectivity index (χ1v) is 7.67. The summed E-state index contributed by atoms with van der Waals surface area (Å²) in [6.07, 6.45) is 2.95. The average molecular weight is 325 g/mol. The van der Waals surface area contributed by atoms with Gasteiger partial charge in [0, 0.05) is 23.3 Å². The Bertz CT molecular complexity index is 613. The van der Waals surface area contributed by atoms with Crippen LogP contribution in [0.4, 0.5) is 0 Å². The quantitative estimate of drug-likeness (QED) is 0.729. The van der Waals surface area contributed by atoms with Gasteiger partial charge in [-0.2, -0.15) is 5.10 Å². The molecule has 0 spiro atoms. The SMILES string of the molecule is CCCCc1n[nH]c(-c2ccc(Cl)cc2OCOC)c1CO. The zero-order valence-electron chi connectivity index (χ0n) is 12.9. The van der Waals surface area contributed by atoms with E-state index in [1.54, 1.807) is 19.2 Å². The first kappa shape index (κ1) is 16.8. The highest BCUT2D eigenvalue weighted by atomic mass is 35.5. The van der Waals surface area contributed by atoms with E-state index < -0.39 is 0 Å². The summed E-state index contributed by atoms with van der Waals surface area (Å²) in [4.78, 5) is 0. The van der Waals surface area contributed by atoms with E-state index in [1.807, 2.05) is 6.07 Å². The van der Waals surface area contributed by atoms with Crippen molar-refractivity contribution in [3.63, 3.8) is 0 Å². The van der Waals surface area contributed by atoms with E-state index in [2.05, 4.69) is 17.1 Å². The van der Waals surface area contributed by atoms with Crippen LogP contribution in [0.5, 0.6) is 5.75 Å². The molecule has 1 aromatic heterocycles. The van der Waals surface area contributed by atoms with Gasteiger partial charge in [-0.1, -0.05) is 24.9 Å². The molecule has 2 aromatic rings. The summed E-state index contributed by atoms with van der Waals surface area (Å²) in [5.74, 6) is 0.592. The maximum atomic E-state index is 9.72. The molecule has 0 unspecified atom stereocenters. The molecule has 1 aromatic carbocycles. The number of H-pyrrole nitrogens is 1. The lowest BCUT2D eigenvalue weighted by molar-refractivity contribution is 0.0515. The van der Waals surface area contributed by atoms with Crippen LogP contribution in [-0.2, 0) is 17.8 Å². The average Bonchev–Trinajstić information content (AvgIpc) is 2.93. The Morgan fingerprint density at radius 2 is 2.18 bits per heavy atom. The molecule has 5 nitrogen and oxygen atoms in total. The third-order valence-electron chi connectivity index (χ3n) is 3.42. The van der Waals surface area contributed by atoms with Gasteiger partial charge in [0.15, 0.2) is 6.79 Å². The zero-order chi connectivity index (χ0) is 15.9. The Morgan fingerprint density at radius 1 is 1.36 bits per heavy atom. The minimum atomic E-state index is -0.0722. The second-order valence-corrected chi connectivity index (χ2v) is 5.41. The molecule has 2 rings (SSSR count). The van der Waals surface area contributed by atoms with Gasteiger partial charge in [0.2, 0.25) is 0 Å². The van der Waals surface area contributed by atoms with E-state index >= 15 is 0 Å². The molecule has 1 heterocycles. The van der Waals surface area contributed by atoms with Crippen LogP contribution in [-0.4, -0.2) is 29.2 Å². The molecule has 0 atom stereocenters. The number of nitrogens with zero attached hydrogens (tertiary/aromatic N) is 1. The van der Waals surface area contributed by atoms with E-state index in [1.165, 1.54) is 0 Å². The smallest absolute Gasteiger partial charge is 0.188 e. The summed E-state index contributed by atoms with van der Waals surface area (Å²) in [7, 11) is 1.56. The van der Waals surface area contributed by atoms with Gasteiger partial charge in [0.1, 0.15) is 5.75 Å². The number of hydrogen-bond acceptors (Lipinski definition) is 4. The Labute approximate surface area is 135 Å². The van der Waals surface area contributed by atoms with E-state index in [-0.39, 0.29) is 13.4 Å². The number of unbranched alkanes of at least 4 members (excludes halogenated alkanes) is 1. The van der Waals surface area contributed by atoms with Gasteiger partial charge in [-0.25, -0.2) is 0 Å². The predicted molar refractivity (Wildman–Crippen MR) is 86.1 cm³/mol. The molecule has 120 valence electrons. The largest absolute Gasteiger partial charge is 0.467 e. The fraction of sp³-hybridized carbons (Fsp3) is 0.438. The molecule has 0 aliphatic heterocycles. The summed E-state index contributed by atoms with van der Waals surface area (Å²) in [5, 5.41) is 17.6. The third-order valence-corrected chi connectivity index (χ3v) is 3.66. The Kier molecular flexibility index (Phi) is 6.24. The van der Waals surface area contributed by atoms with Crippen LogP contribution >= 0.6 is 11.6 Å². The van der Waals surface area contributed by atoms with Gasteiger partial charge in [-0.3, -0.25) is 5.10 Å². The minimum absolute atomic E-state index is 0.0722. The second-order valence-electron chi connectivity index (χ2n) is 4.98. The Balaban J connectivity index is 2.40. The van der Waals surface area contributed by atoms with Crippen molar-refractivity contribution in [2.75, 3.05) is 13.9 Å². The van der Waals surface area contributed by atoms with Crippen molar-refractivity contribution in [2.45, 2.75) is 32.8 Å². The number of aromatic amines is 1. The van der Waals surface area contributed by atoms with Gasteiger partial charge in [-0.05, 0) is 31.0 Å². The number of benzene rings is 1. The van der Waals surface area contributed by atoms with E-state index in [9.17, 15) is 5.11 Å². The number of aryl methyl sites for hydroxylation is 1. The van der Waals surface area contributed by atoms with Crippen LogP contribution in [0.2, 0.25) is 5.02 Å². The highest BCUT2D eigenvalue weighted by molar-refractivity contribution is 6.30. The Hall–Kier alpha value is -1.56. The third kappa shape index (κ3) is 3.80. The lowest BCUT2D eigenvalue weighted by Crippen LogP contribution is -2.01. The first-order valence-electron chi connectivity index (χ1n) is 7.29. The van der Waals surface area contributed by atoms with Crippen LogP contribution < -0.4 is 4.74 Å². The number of aliphatic hydroxyl groups excluding tert-OH is 1. The number of halogens is 1. The van der Waals surface area contributed by atoms with Gasteiger partial charge < -0.3 is 14.6 Å². The maximum Gasteiger partial charge on any atom is 0.188 e. The van der Waals surface area contributed by atoms with Crippen molar-refractivity contribution in [2.24, 2.45) is 0 Å². The molecule has 22 heavy (non-hydrogen) atoms. The van der Waals surface area contributed by atoms with E-state index in [0.717, 1.165) is 41.8 Å². The second kappa shape index (κ2) is 8.17. The molecule has 0 saturated heterocycles. The lowest BCUT2D eigenvalue weighted by Gasteiger charge is -2.11. The number of ether oxygens (including phenoxy) is 2. The molecule has 0 aliphatic rings. The molecule has 0 radical (unpaired) electrons. The number of rotatable bonds is 8. The molecule has 0 aliphatic carbocycles. The summed E-state index contributed by atoms with van der Waals surface area (Å²) in [6, 6.07) is 5.36. The fourth-order valence-corrected chi connectivity index (χ4v) is 2.45. The molecular weight excluding hydrogens is 304 g/mol. The van der Waals surface area contributed by atoms with Gasteiger partial charge >= 0.3 is 0 Å². The molecule has 0 saturated carbocycles. The van der Waals surface area contributed by atoms with Crippen LogP contribution in [0, 0.1) is 0 Å². The van der Waals surface area contributed by atoms with Gasteiger partial charge in [-0.15, -0.1) is 0 Å². The van der Waals surface area contributed by atoms with Crippen molar-refractivity contribution in [3.05, 3.63) is 34.5 Å². The topological polar surface area (TPSA) is 67.4 Å². The van der Waals surface area contributed by atoms with E-state index in [4.69, 9.17) is 21.1 Å². The number of aromatic nitrogens is 2. The first-order chi connectivity index (χ1) is 10.7. The van der Waals surface area contributed by atoms with Crippen LogP contribution in [0.15, 0.2) is 18.2 Å². The minimum Gasteiger partial charge on any atom is -0.467 e. The van der Waals surface area contributed by atoms with Crippen molar-refractivity contribution in [1.29, 1.82) is 0 Å². The zero-order valence-corrected chi connectivity index (χ0v) is 13.6. The van der Waals surface area contributed by atoms with E-state index in [0.29, 0.717) is 10.8 Å². The number of nitrogens with one attached hydrogen (secondary N) is 1. The van der Waals surface area contributed by atoms with Crippen LogP contribution in [0.1, 0.15) is 31.0 Å². The van der Waals surface area contributed by atoms with Crippen molar-refractivity contribution in [3.8, 4) is 17.0 Å². The predicted octanol–water partition coefficient (Wildman–Crippen LogP) is 3.55. The molecular formula is C16H21ClN2O3. The standard InChI is InChI=1S/C16H21ClN2O3/c1-3-4-5-14-13(9-20)16(19-18-14)12-7-6-11(17)8-15(12)22-10-21-2/h6-8,20H,3-5,9-10H2,1-2H3,(H,18,19). The molecule has 0 bridgehead atoms. The summed E-state index contributed by atoms with van der Waals surface area (Å²) in [5.41, 5.74) is 3.27. The monoisotopic (exact) mass is 324 g/mol. The van der Waals surface area contributed by atoms with Crippen molar-refractivity contribution < 1.29 is 14.6 Å². The van der Waals surface area contributed by atoms with Crippen molar-refractivity contribution in [1.82, 2.24) is 10.2 Å². The molecule has 6 heteroatoms.